The Balaban J connectivity index is 1.58. The number of aryl methyl sites for hydroxylation is 1. The van der Waals surface area contributed by atoms with Gasteiger partial charge in [-0.25, -0.2) is 4.79 Å². The van der Waals surface area contributed by atoms with Crippen molar-refractivity contribution in [1.29, 1.82) is 0 Å². The molecule has 28 heavy (non-hydrogen) atoms. The largest absolute Gasteiger partial charge is 0.465 e. The standard InChI is InChI=1S/C22H18N2O4/c1-13-9-10-15(22(27)28-2)11-17(13)23-19(25)12-24-18-8-4-6-14-5-3-7-16(20(14)18)21(24)26/h3-11H,12H2,1-2H3,(H,23,25). The molecule has 0 saturated heterocycles. The summed E-state index contributed by atoms with van der Waals surface area (Å²) >= 11 is 0. The maximum atomic E-state index is 12.8. The van der Waals surface area contributed by atoms with E-state index >= 15 is 0 Å². The van der Waals surface area contributed by atoms with E-state index in [4.69, 9.17) is 4.74 Å². The molecule has 6 nitrogen and oxygen atoms in total. The van der Waals surface area contributed by atoms with Crippen LogP contribution < -0.4 is 10.2 Å². The van der Waals surface area contributed by atoms with Gasteiger partial charge in [-0.15, -0.1) is 0 Å². The van der Waals surface area contributed by atoms with E-state index in [0.29, 0.717) is 16.8 Å². The van der Waals surface area contributed by atoms with E-state index in [9.17, 15) is 14.4 Å². The number of ether oxygens (including phenoxy) is 1. The number of amides is 2. The molecule has 0 saturated carbocycles. The minimum atomic E-state index is -0.479. The summed E-state index contributed by atoms with van der Waals surface area (Å²) < 4.78 is 4.72. The first-order valence-electron chi connectivity index (χ1n) is 8.82. The molecule has 6 heteroatoms. The normalized spacial score (nSPS) is 12.4. The van der Waals surface area contributed by atoms with Gasteiger partial charge in [0.2, 0.25) is 5.91 Å². The summed E-state index contributed by atoms with van der Waals surface area (Å²) in [5.74, 6) is -1.02. The molecular weight excluding hydrogens is 356 g/mol. The van der Waals surface area contributed by atoms with Crippen LogP contribution in [-0.2, 0) is 9.53 Å². The summed E-state index contributed by atoms with van der Waals surface area (Å²) in [7, 11) is 1.30. The molecule has 0 spiro atoms. The fourth-order valence-electron chi connectivity index (χ4n) is 3.47. The molecule has 0 aromatic heterocycles. The second-order valence-electron chi connectivity index (χ2n) is 6.64. The molecule has 0 radical (unpaired) electrons. The Morgan fingerprint density at radius 1 is 1.07 bits per heavy atom. The number of nitrogens with zero attached hydrogens (tertiary/aromatic N) is 1. The van der Waals surface area contributed by atoms with Crippen LogP contribution in [0.25, 0.3) is 10.8 Å². The maximum Gasteiger partial charge on any atom is 0.337 e. The summed E-state index contributed by atoms with van der Waals surface area (Å²) in [4.78, 5) is 38.7. The lowest BCUT2D eigenvalue weighted by Gasteiger charge is -2.18. The Labute approximate surface area is 161 Å². The van der Waals surface area contributed by atoms with Crippen LogP contribution >= 0.6 is 0 Å². The monoisotopic (exact) mass is 374 g/mol. The van der Waals surface area contributed by atoms with Crippen LogP contribution in [0.4, 0.5) is 11.4 Å². The van der Waals surface area contributed by atoms with Crippen LogP contribution in [-0.4, -0.2) is 31.4 Å². The van der Waals surface area contributed by atoms with E-state index in [-0.39, 0.29) is 18.4 Å². The Kier molecular flexibility index (Phi) is 4.31. The zero-order valence-corrected chi connectivity index (χ0v) is 15.5. The molecule has 0 atom stereocenters. The third-order valence-corrected chi connectivity index (χ3v) is 4.88. The zero-order valence-electron chi connectivity index (χ0n) is 15.5. The second kappa shape index (κ2) is 6.81. The van der Waals surface area contributed by atoms with Crippen molar-refractivity contribution in [3.63, 3.8) is 0 Å². The molecule has 1 aliphatic rings. The van der Waals surface area contributed by atoms with Gasteiger partial charge in [0.15, 0.2) is 0 Å². The third kappa shape index (κ3) is 2.89. The van der Waals surface area contributed by atoms with Crippen LogP contribution in [0.5, 0.6) is 0 Å². The van der Waals surface area contributed by atoms with Crippen molar-refractivity contribution in [2.45, 2.75) is 6.92 Å². The Hall–Kier alpha value is -3.67. The van der Waals surface area contributed by atoms with Gasteiger partial charge >= 0.3 is 5.97 Å². The van der Waals surface area contributed by atoms with E-state index in [1.807, 2.05) is 37.3 Å². The van der Waals surface area contributed by atoms with E-state index in [1.54, 1.807) is 24.3 Å². The van der Waals surface area contributed by atoms with Crippen LogP contribution in [0.3, 0.4) is 0 Å². The highest BCUT2D eigenvalue weighted by atomic mass is 16.5. The number of esters is 1. The molecule has 4 rings (SSSR count). The third-order valence-electron chi connectivity index (χ3n) is 4.88. The minimum absolute atomic E-state index is 0.117. The molecule has 1 aliphatic heterocycles. The highest BCUT2D eigenvalue weighted by molar-refractivity contribution is 6.26. The van der Waals surface area contributed by atoms with Crippen LogP contribution in [0, 0.1) is 6.92 Å². The predicted molar refractivity (Wildman–Crippen MR) is 107 cm³/mol. The summed E-state index contributed by atoms with van der Waals surface area (Å²) in [6, 6.07) is 16.2. The van der Waals surface area contributed by atoms with Crippen LogP contribution in [0.15, 0.2) is 54.6 Å². The van der Waals surface area contributed by atoms with Crippen molar-refractivity contribution in [1.82, 2.24) is 0 Å². The van der Waals surface area contributed by atoms with Crippen molar-refractivity contribution < 1.29 is 19.1 Å². The number of hydrogen-bond donors (Lipinski definition) is 1. The van der Waals surface area contributed by atoms with Gasteiger partial charge in [0.25, 0.3) is 5.91 Å². The first kappa shape index (κ1) is 17.7. The van der Waals surface area contributed by atoms with Gasteiger partial charge in [-0.2, -0.15) is 0 Å². The SMILES string of the molecule is COC(=O)c1ccc(C)c(NC(=O)CN2C(=O)c3cccc4cccc2c34)c1. The van der Waals surface area contributed by atoms with Crippen molar-refractivity contribution in [2.24, 2.45) is 0 Å². The van der Waals surface area contributed by atoms with E-state index < -0.39 is 5.97 Å². The molecule has 0 unspecified atom stereocenters. The summed E-state index contributed by atoms with van der Waals surface area (Å²) in [6.07, 6.45) is 0. The molecule has 140 valence electrons. The van der Waals surface area contributed by atoms with Gasteiger partial charge in [-0.05, 0) is 42.1 Å². The van der Waals surface area contributed by atoms with Crippen LogP contribution in [0.2, 0.25) is 0 Å². The van der Waals surface area contributed by atoms with E-state index in [2.05, 4.69) is 5.32 Å². The second-order valence-corrected chi connectivity index (χ2v) is 6.64. The average molecular weight is 374 g/mol. The van der Waals surface area contributed by atoms with Crippen molar-refractivity contribution in [2.75, 3.05) is 23.9 Å². The van der Waals surface area contributed by atoms with Crippen molar-refractivity contribution >= 4 is 39.9 Å². The van der Waals surface area contributed by atoms with Gasteiger partial charge in [-0.1, -0.05) is 30.3 Å². The van der Waals surface area contributed by atoms with E-state index in [1.165, 1.54) is 12.0 Å². The van der Waals surface area contributed by atoms with E-state index in [0.717, 1.165) is 22.0 Å². The molecular formula is C22H18N2O4. The van der Waals surface area contributed by atoms with Crippen molar-refractivity contribution in [3.8, 4) is 0 Å². The lowest BCUT2D eigenvalue weighted by Crippen LogP contribution is -2.35. The van der Waals surface area contributed by atoms with Gasteiger partial charge in [0.05, 0.1) is 18.4 Å². The Morgan fingerprint density at radius 3 is 2.57 bits per heavy atom. The minimum Gasteiger partial charge on any atom is -0.465 e. The summed E-state index contributed by atoms with van der Waals surface area (Å²) in [6.45, 7) is 1.71. The first-order valence-corrected chi connectivity index (χ1v) is 8.82. The zero-order chi connectivity index (χ0) is 19.8. The number of anilines is 2. The van der Waals surface area contributed by atoms with Gasteiger partial charge in [0, 0.05) is 16.6 Å². The van der Waals surface area contributed by atoms with Crippen molar-refractivity contribution in [3.05, 3.63) is 71.3 Å². The number of carbonyl (C=O) groups is 3. The Morgan fingerprint density at radius 2 is 1.82 bits per heavy atom. The number of methoxy groups -OCH3 is 1. The molecule has 2 amide bonds. The van der Waals surface area contributed by atoms with Gasteiger partial charge < -0.3 is 10.1 Å². The average Bonchev–Trinajstić information content (AvgIpc) is 2.97. The number of hydrogen-bond acceptors (Lipinski definition) is 4. The highest BCUT2D eigenvalue weighted by Gasteiger charge is 2.30. The van der Waals surface area contributed by atoms with Crippen LogP contribution in [0.1, 0.15) is 26.3 Å². The summed E-state index contributed by atoms with van der Waals surface area (Å²) in [5.41, 5.74) is 2.99. The number of benzene rings is 3. The predicted octanol–water partition coefficient (Wildman–Crippen LogP) is 3.53. The lowest BCUT2D eigenvalue weighted by atomic mass is 10.1. The molecule has 3 aromatic carbocycles. The Bertz CT molecular complexity index is 1130. The molecule has 1 heterocycles. The number of nitrogens with one attached hydrogen (secondary N) is 1. The molecule has 1 N–H and O–H groups in total. The fourth-order valence-corrected chi connectivity index (χ4v) is 3.47. The van der Waals surface area contributed by atoms with Gasteiger partial charge in [-0.3, -0.25) is 14.5 Å². The lowest BCUT2D eigenvalue weighted by molar-refractivity contribution is -0.114. The number of carbonyl (C=O) groups excluding carboxylic acids is 3. The maximum absolute atomic E-state index is 12.8. The van der Waals surface area contributed by atoms with Gasteiger partial charge in [0.1, 0.15) is 6.54 Å². The molecule has 0 aliphatic carbocycles. The molecule has 0 fully saturated rings. The smallest absolute Gasteiger partial charge is 0.337 e. The molecule has 0 bridgehead atoms. The highest BCUT2D eigenvalue weighted by Crippen LogP contribution is 2.37. The summed E-state index contributed by atoms with van der Waals surface area (Å²) in [5, 5.41) is 4.63. The number of rotatable bonds is 4. The molecule has 3 aromatic rings. The quantitative estimate of drug-likeness (QED) is 0.709. The first-order chi connectivity index (χ1) is 13.5. The topological polar surface area (TPSA) is 75.7 Å². The fraction of sp³-hybridized carbons (Fsp3) is 0.136.